The van der Waals surface area contributed by atoms with Crippen LogP contribution in [0.5, 0.6) is 0 Å². The van der Waals surface area contributed by atoms with Crippen molar-refractivity contribution in [3.63, 3.8) is 0 Å². The minimum atomic E-state index is -0.651. The van der Waals surface area contributed by atoms with E-state index in [1.54, 1.807) is 36.0 Å². The van der Waals surface area contributed by atoms with E-state index in [0.717, 1.165) is 9.79 Å². The zero-order chi connectivity index (χ0) is 19.2. The summed E-state index contributed by atoms with van der Waals surface area (Å²) in [5, 5.41) is 5.98. The number of primary amides is 1. The van der Waals surface area contributed by atoms with Gasteiger partial charge in [0.05, 0.1) is 5.02 Å². The lowest BCUT2D eigenvalue weighted by atomic mass is 10.2. The molecule has 0 aliphatic rings. The SMILES string of the molecule is NC(=O)Nc1ccc(C(=O)Nc2ccc(Sc3ccccc3Cl)cc2)cc1. The van der Waals surface area contributed by atoms with E-state index in [1.165, 1.54) is 0 Å². The molecule has 0 bridgehead atoms. The van der Waals surface area contributed by atoms with Gasteiger partial charge in [0, 0.05) is 26.7 Å². The van der Waals surface area contributed by atoms with Crippen LogP contribution in [0.15, 0.2) is 82.6 Å². The summed E-state index contributed by atoms with van der Waals surface area (Å²) in [7, 11) is 0. The zero-order valence-corrected chi connectivity index (χ0v) is 15.7. The van der Waals surface area contributed by atoms with Crippen LogP contribution in [0, 0.1) is 0 Å². The van der Waals surface area contributed by atoms with Crippen LogP contribution in [-0.4, -0.2) is 11.9 Å². The summed E-state index contributed by atoms with van der Waals surface area (Å²) in [6.45, 7) is 0. The molecule has 0 radical (unpaired) electrons. The zero-order valence-electron chi connectivity index (χ0n) is 14.1. The molecule has 3 aromatic rings. The third-order valence-electron chi connectivity index (χ3n) is 3.59. The van der Waals surface area contributed by atoms with Crippen molar-refractivity contribution in [3.05, 3.63) is 83.4 Å². The van der Waals surface area contributed by atoms with E-state index < -0.39 is 6.03 Å². The van der Waals surface area contributed by atoms with Gasteiger partial charge in [0.2, 0.25) is 0 Å². The third-order valence-corrected chi connectivity index (χ3v) is 5.12. The number of amides is 3. The average molecular weight is 398 g/mol. The highest BCUT2D eigenvalue weighted by Gasteiger charge is 2.07. The summed E-state index contributed by atoms with van der Waals surface area (Å²) in [5.41, 5.74) is 6.74. The lowest BCUT2D eigenvalue weighted by Gasteiger charge is -2.08. The lowest BCUT2D eigenvalue weighted by Crippen LogP contribution is -2.19. The molecule has 0 aliphatic heterocycles. The number of carbonyl (C=O) groups excluding carboxylic acids is 2. The summed E-state index contributed by atoms with van der Waals surface area (Å²) >= 11 is 7.73. The van der Waals surface area contributed by atoms with E-state index in [9.17, 15) is 9.59 Å². The minimum absolute atomic E-state index is 0.243. The third kappa shape index (κ3) is 5.26. The summed E-state index contributed by atoms with van der Waals surface area (Å²) in [5.74, 6) is -0.243. The van der Waals surface area contributed by atoms with Crippen LogP contribution in [0.3, 0.4) is 0 Å². The molecule has 3 rings (SSSR count). The molecule has 0 aromatic heterocycles. The van der Waals surface area contributed by atoms with Gasteiger partial charge in [0.25, 0.3) is 5.91 Å². The molecule has 0 spiro atoms. The van der Waals surface area contributed by atoms with Crippen molar-refractivity contribution in [3.8, 4) is 0 Å². The predicted octanol–water partition coefficient (Wildman–Crippen LogP) is 5.23. The Hall–Kier alpha value is -2.96. The Morgan fingerprint density at radius 2 is 1.41 bits per heavy atom. The first-order valence-electron chi connectivity index (χ1n) is 8.01. The fourth-order valence-corrected chi connectivity index (χ4v) is 3.40. The maximum absolute atomic E-state index is 12.3. The van der Waals surface area contributed by atoms with Gasteiger partial charge in [-0.15, -0.1) is 0 Å². The Balaban J connectivity index is 1.63. The van der Waals surface area contributed by atoms with Crippen molar-refractivity contribution < 1.29 is 9.59 Å². The van der Waals surface area contributed by atoms with Crippen LogP contribution < -0.4 is 16.4 Å². The van der Waals surface area contributed by atoms with Crippen molar-refractivity contribution in [2.45, 2.75) is 9.79 Å². The second-order valence-corrected chi connectivity index (χ2v) is 7.10. The van der Waals surface area contributed by atoms with Gasteiger partial charge in [-0.25, -0.2) is 4.79 Å². The number of urea groups is 1. The highest BCUT2D eigenvalue weighted by molar-refractivity contribution is 7.99. The molecule has 5 nitrogen and oxygen atoms in total. The van der Waals surface area contributed by atoms with Crippen molar-refractivity contribution >= 4 is 46.7 Å². The fraction of sp³-hybridized carbons (Fsp3) is 0. The Morgan fingerprint density at radius 3 is 2.04 bits per heavy atom. The number of nitrogens with two attached hydrogens (primary N) is 1. The van der Waals surface area contributed by atoms with Crippen LogP contribution >= 0.6 is 23.4 Å². The first kappa shape index (κ1) is 18.8. The standard InChI is InChI=1S/C20H16ClN3O2S/c21-17-3-1-2-4-18(17)27-16-11-9-14(10-12-16)23-19(25)13-5-7-15(8-6-13)24-20(22)26/h1-12H,(H,23,25)(H3,22,24,26). The topological polar surface area (TPSA) is 84.2 Å². The molecule has 0 aliphatic carbocycles. The van der Waals surface area contributed by atoms with Gasteiger partial charge >= 0.3 is 6.03 Å². The average Bonchev–Trinajstić information content (AvgIpc) is 2.65. The lowest BCUT2D eigenvalue weighted by molar-refractivity contribution is 0.102. The molecule has 0 fully saturated rings. The van der Waals surface area contributed by atoms with Crippen molar-refractivity contribution in [2.24, 2.45) is 5.73 Å². The quantitative estimate of drug-likeness (QED) is 0.550. The fourth-order valence-electron chi connectivity index (χ4n) is 2.31. The van der Waals surface area contributed by atoms with E-state index >= 15 is 0 Å². The summed E-state index contributed by atoms with van der Waals surface area (Å²) in [4.78, 5) is 25.1. The maximum Gasteiger partial charge on any atom is 0.316 e. The van der Waals surface area contributed by atoms with Crippen molar-refractivity contribution in [2.75, 3.05) is 10.6 Å². The highest BCUT2D eigenvalue weighted by Crippen LogP contribution is 2.33. The van der Waals surface area contributed by atoms with E-state index in [0.29, 0.717) is 22.0 Å². The van der Waals surface area contributed by atoms with E-state index in [2.05, 4.69) is 10.6 Å². The molecule has 0 unspecified atom stereocenters. The first-order chi connectivity index (χ1) is 13.0. The van der Waals surface area contributed by atoms with Crippen molar-refractivity contribution in [1.82, 2.24) is 0 Å². The Kier molecular flexibility index (Phi) is 6.01. The van der Waals surface area contributed by atoms with E-state index in [1.807, 2.05) is 48.5 Å². The second kappa shape index (κ2) is 8.62. The Bertz CT molecular complexity index is 960. The maximum atomic E-state index is 12.3. The largest absolute Gasteiger partial charge is 0.351 e. The van der Waals surface area contributed by atoms with Crippen LogP contribution in [-0.2, 0) is 0 Å². The molecule has 0 heterocycles. The number of hydrogen-bond donors (Lipinski definition) is 3. The van der Waals surface area contributed by atoms with Gasteiger partial charge in [-0.1, -0.05) is 35.5 Å². The highest BCUT2D eigenvalue weighted by atomic mass is 35.5. The van der Waals surface area contributed by atoms with Gasteiger partial charge in [-0.3, -0.25) is 4.79 Å². The van der Waals surface area contributed by atoms with E-state index in [-0.39, 0.29) is 5.91 Å². The van der Waals surface area contributed by atoms with E-state index in [4.69, 9.17) is 17.3 Å². The molecule has 0 saturated carbocycles. The van der Waals surface area contributed by atoms with Crippen LogP contribution in [0.1, 0.15) is 10.4 Å². The molecule has 0 atom stereocenters. The molecule has 3 aromatic carbocycles. The number of rotatable bonds is 5. The monoisotopic (exact) mass is 397 g/mol. The minimum Gasteiger partial charge on any atom is -0.351 e. The number of anilines is 2. The van der Waals surface area contributed by atoms with Gasteiger partial charge < -0.3 is 16.4 Å². The second-order valence-electron chi connectivity index (χ2n) is 5.58. The van der Waals surface area contributed by atoms with Gasteiger partial charge in [-0.05, 0) is 60.7 Å². The van der Waals surface area contributed by atoms with Crippen LogP contribution in [0.25, 0.3) is 0 Å². The number of nitrogens with one attached hydrogen (secondary N) is 2. The van der Waals surface area contributed by atoms with Gasteiger partial charge in [0.1, 0.15) is 0 Å². The normalized spacial score (nSPS) is 10.3. The number of carbonyl (C=O) groups is 2. The summed E-state index contributed by atoms with van der Waals surface area (Å²) in [6, 6.07) is 20.9. The molecule has 136 valence electrons. The Labute approximate surface area is 165 Å². The molecular formula is C20H16ClN3O2S. The van der Waals surface area contributed by atoms with Gasteiger partial charge in [0.15, 0.2) is 0 Å². The molecule has 4 N–H and O–H groups in total. The molecule has 7 heteroatoms. The van der Waals surface area contributed by atoms with Gasteiger partial charge in [-0.2, -0.15) is 0 Å². The smallest absolute Gasteiger partial charge is 0.316 e. The molecular weight excluding hydrogens is 382 g/mol. The number of benzene rings is 3. The first-order valence-corrected chi connectivity index (χ1v) is 9.21. The Morgan fingerprint density at radius 1 is 0.815 bits per heavy atom. The molecule has 27 heavy (non-hydrogen) atoms. The molecule has 3 amide bonds. The van der Waals surface area contributed by atoms with Crippen LogP contribution in [0.4, 0.5) is 16.2 Å². The summed E-state index contributed by atoms with van der Waals surface area (Å²) in [6.07, 6.45) is 0. The number of halogens is 1. The molecule has 0 saturated heterocycles. The summed E-state index contributed by atoms with van der Waals surface area (Å²) < 4.78 is 0. The van der Waals surface area contributed by atoms with Crippen molar-refractivity contribution in [1.29, 1.82) is 0 Å². The van der Waals surface area contributed by atoms with Crippen LogP contribution in [0.2, 0.25) is 5.02 Å². The predicted molar refractivity (Wildman–Crippen MR) is 110 cm³/mol. The number of hydrogen-bond acceptors (Lipinski definition) is 3.